The van der Waals surface area contributed by atoms with Crippen molar-refractivity contribution in [2.75, 3.05) is 39.5 Å². The molecule has 0 aromatic rings. The molecule has 0 aliphatic heterocycles. The van der Waals surface area contributed by atoms with Crippen LogP contribution in [0.15, 0.2) is 0 Å². The summed E-state index contributed by atoms with van der Waals surface area (Å²) in [6, 6.07) is 0. The molecule has 0 N–H and O–H groups in total. The highest BCUT2D eigenvalue weighted by Gasteiger charge is 2.30. The zero-order chi connectivity index (χ0) is 15.7. The van der Waals surface area contributed by atoms with Crippen LogP contribution < -0.4 is 0 Å². The Bertz CT molecular complexity index is 330. The highest BCUT2D eigenvalue weighted by molar-refractivity contribution is 5.84. The molecule has 1 fully saturated rings. The van der Waals surface area contributed by atoms with Gasteiger partial charge < -0.3 is 19.1 Å². The Morgan fingerprint density at radius 2 is 1.90 bits per heavy atom. The average Bonchev–Trinajstić information content (AvgIpc) is 3.26. The van der Waals surface area contributed by atoms with E-state index in [1.165, 1.54) is 0 Å². The first-order chi connectivity index (χ1) is 10.1. The third-order valence-electron chi connectivity index (χ3n) is 3.26. The van der Waals surface area contributed by atoms with Crippen LogP contribution in [-0.2, 0) is 23.8 Å². The van der Waals surface area contributed by atoms with E-state index in [1.54, 1.807) is 18.7 Å². The molecule has 0 heterocycles. The number of amides is 1. The monoisotopic (exact) mass is 301 g/mol. The van der Waals surface area contributed by atoms with E-state index in [0.717, 1.165) is 12.8 Å². The Kier molecular flexibility index (Phi) is 8.30. The van der Waals surface area contributed by atoms with Gasteiger partial charge in [0.1, 0.15) is 12.6 Å². The summed E-state index contributed by atoms with van der Waals surface area (Å²) in [5.41, 5.74) is 0. The predicted molar refractivity (Wildman–Crippen MR) is 77.8 cm³/mol. The van der Waals surface area contributed by atoms with Crippen LogP contribution in [-0.4, -0.2) is 62.4 Å². The first-order valence-electron chi connectivity index (χ1n) is 7.72. The first-order valence-corrected chi connectivity index (χ1v) is 7.72. The quantitative estimate of drug-likeness (QED) is 0.424. The molecular weight excluding hydrogens is 274 g/mol. The molecule has 1 aliphatic carbocycles. The maximum atomic E-state index is 12.4. The van der Waals surface area contributed by atoms with E-state index in [9.17, 15) is 9.59 Å². The number of carbonyl (C=O) groups is 2. The van der Waals surface area contributed by atoms with Crippen LogP contribution >= 0.6 is 0 Å². The highest BCUT2D eigenvalue weighted by Crippen LogP contribution is 2.29. The average molecular weight is 301 g/mol. The zero-order valence-corrected chi connectivity index (χ0v) is 13.3. The smallest absolute Gasteiger partial charge is 0.325 e. The fourth-order valence-electron chi connectivity index (χ4n) is 1.96. The SMILES string of the molecule is CCOCCO[C@H](C)C(=O)N(CC(=O)OCC)CC1CC1. The number of nitrogens with zero attached hydrogens (tertiary/aromatic N) is 1. The summed E-state index contributed by atoms with van der Waals surface area (Å²) in [5.74, 6) is -0.0153. The number of hydrogen-bond acceptors (Lipinski definition) is 5. The Morgan fingerprint density at radius 3 is 2.48 bits per heavy atom. The van der Waals surface area contributed by atoms with Crippen molar-refractivity contribution in [3.63, 3.8) is 0 Å². The second kappa shape index (κ2) is 9.73. The lowest BCUT2D eigenvalue weighted by atomic mass is 10.3. The van der Waals surface area contributed by atoms with Gasteiger partial charge in [-0.05, 0) is 39.5 Å². The summed E-state index contributed by atoms with van der Waals surface area (Å²) in [7, 11) is 0. The van der Waals surface area contributed by atoms with Crippen molar-refractivity contribution >= 4 is 11.9 Å². The van der Waals surface area contributed by atoms with Gasteiger partial charge in [-0.15, -0.1) is 0 Å². The normalized spacial score (nSPS) is 15.6. The fraction of sp³-hybridized carbons (Fsp3) is 0.867. The van der Waals surface area contributed by atoms with Crippen LogP contribution in [0.5, 0.6) is 0 Å². The molecule has 1 aliphatic rings. The van der Waals surface area contributed by atoms with Crippen LogP contribution in [0.4, 0.5) is 0 Å². The molecule has 1 amide bonds. The van der Waals surface area contributed by atoms with Crippen molar-refractivity contribution in [2.45, 2.75) is 39.7 Å². The van der Waals surface area contributed by atoms with Crippen LogP contribution in [0.3, 0.4) is 0 Å². The van der Waals surface area contributed by atoms with E-state index in [-0.39, 0.29) is 18.4 Å². The third kappa shape index (κ3) is 7.43. The summed E-state index contributed by atoms with van der Waals surface area (Å²) < 4.78 is 15.6. The molecule has 0 radical (unpaired) electrons. The van der Waals surface area contributed by atoms with Crippen LogP contribution in [0.1, 0.15) is 33.6 Å². The van der Waals surface area contributed by atoms with E-state index in [1.807, 2.05) is 6.92 Å². The van der Waals surface area contributed by atoms with Gasteiger partial charge in [0, 0.05) is 13.2 Å². The molecule has 0 aromatic carbocycles. The van der Waals surface area contributed by atoms with E-state index in [4.69, 9.17) is 14.2 Å². The largest absolute Gasteiger partial charge is 0.465 e. The van der Waals surface area contributed by atoms with Gasteiger partial charge >= 0.3 is 5.97 Å². The summed E-state index contributed by atoms with van der Waals surface area (Å²) in [6.45, 7) is 7.77. The van der Waals surface area contributed by atoms with Gasteiger partial charge in [0.05, 0.1) is 19.8 Å². The topological polar surface area (TPSA) is 65.1 Å². The standard InChI is InChI=1S/C15H27NO5/c1-4-19-8-9-21-12(3)15(18)16(10-13-6-7-13)11-14(17)20-5-2/h12-13H,4-11H2,1-3H3/t12-/m1/s1. The van der Waals surface area contributed by atoms with Gasteiger partial charge in [-0.25, -0.2) is 0 Å². The summed E-state index contributed by atoms with van der Waals surface area (Å²) in [5, 5.41) is 0. The van der Waals surface area contributed by atoms with Crippen molar-refractivity contribution in [2.24, 2.45) is 5.92 Å². The zero-order valence-electron chi connectivity index (χ0n) is 13.3. The lowest BCUT2D eigenvalue weighted by Gasteiger charge is -2.25. The lowest BCUT2D eigenvalue weighted by molar-refractivity contribution is -0.153. The Hall–Kier alpha value is -1.14. The van der Waals surface area contributed by atoms with E-state index in [2.05, 4.69) is 0 Å². The van der Waals surface area contributed by atoms with E-state index < -0.39 is 6.10 Å². The number of rotatable bonds is 11. The molecule has 6 heteroatoms. The van der Waals surface area contributed by atoms with Gasteiger partial charge in [-0.1, -0.05) is 0 Å². The van der Waals surface area contributed by atoms with Crippen LogP contribution in [0, 0.1) is 5.92 Å². The minimum Gasteiger partial charge on any atom is -0.465 e. The molecule has 1 saturated carbocycles. The second-order valence-corrected chi connectivity index (χ2v) is 5.18. The van der Waals surface area contributed by atoms with E-state index >= 15 is 0 Å². The molecular formula is C15H27NO5. The predicted octanol–water partition coefficient (Wildman–Crippen LogP) is 1.23. The van der Waals surface area contributed by atoms with Gasteiger partial charge in [-0.2, -0.15) is 0 Å². The van der Waals surface area contributed by atoms with E-state index in [0.29, 0.717) is 38.9 Å². The molecule has 1 rings (SSSR count). The Balaban J connectivity index is 2.42. The van der Waals surface area contributed by atoms with Crippen molar-refractivity contribution in [1.82, 2.24) is 4.90 Å². The highest BCUT2D eigenvalue weighted by atomic mass is 16.5. The van der Waals surface area contributed by atoms with Crippen LogP contribution in [0.25, 0.3) is 0 Å². The molecule has 1 atom stereocenters. The maximum absolute atomic E-state index is 12.4. The maximum Gasteiger partial charge on any atom is 0.325 e. The molecule has 0 aromatic heterocycles. The van der Waals surface area contributed by atoms with Gasteiger partial charge in [-0.3, -0.25) is 9.59 Å². The van der Waals surface area contributed by atoms with Crippen molar-refractivity contribution in [1.29, 1.82) is 0 Å². The van der Waals surface area contributed by atoms with Crippen molar-refractivity contribution < 1.29 is 23.8 Å². The number of hydrogen-bond donors (Lipinski definition) is 0. The molecule has 122 valence electrons. The molecule has 0 bridgehead atoms. The summed E-state index contributed by atoms with van der Waals surface area (Å²) in [4.78, 5) is 25.5. The molecule has 0 saturated heterocycles. The van der Waals surface area contributed by atoms with Gasteiger partial charge in [0.25, 0.3) is 5.91 Å². The van der Waals surface area contributed by atoms with Crippen molar-refractivity contribution in [3.05, 3.63) is 0 Å². The summed E-state index contributed by atoms with van der Waals surface area (Å²) >= 11 is 0. The fourth-order valence-corrected chi connectivity index (χ4v) is 1.96. The van der Waals surface area contributed by atoms with Gasteiger partial charge in [0.2, 0.25) is 0 Å². The lowest BCUT2D eigenvalue weighted by Crippen LogP contribution is -2.43. The van der Waals surface area contributed by atoms with Crippen molar-refractivity contribution in [3.8, 4) is 0 Å². The minimum absolute atomic E-state index is 0.00231. The number of ether oxygens (including phenoxy) is 3. The molecule has 21 heavy (non-hydrogen) atoms. The Labute approximate surface area is 126 Å². The molecule has 6 nitrogen and oxygen atoms in total. The number of carbonyl (C=O) groups excluding carboxylic acids is 2. The first kappa shape index (κ1) is 17.9. The Morgan fingerprint density at radius 1 is 1.19 bits per heavy atom. The minimum atomic E-state index is -0.571. The molecule has 0 unspecified atom stereocenters. The third-order valence-corrected chi connectivity index (χ3v) is 3.26. The summed E-state index contributed by atoms with van der Waals surface area (Å²) in [6.07, 6.45) is 1.66. The molecule has 0 spiro atoms. The van der Waals surface area contributed by atoms with Crippen LogP contribution in [0.2, 0.25) is 0 Å². The van der Waals surface area contributed by atoms with Gasteiger partial charge in [0.15, 0.2) is 0 Å². The number of esters is 1. The second-order valence-electron chi connectivity index (χ2n) is 5.18.